The van der Waals surface area contributed by atoms with Gasteiger partial charge in [-0.3, -0.25) is 4.68 Å². The monoisotopic (exact) mass is 265 g/mol. The minimum absolute atomic E-state index is 0.0991. The van der Waals surface area contributed by atoms with Crippen molar-refractivity contribution in [1.82, 2.24) is 15.1 Å². The van der Waals surface area contributed by atoms with Crippen molar-refractivity contribution in [2.45, 2.75) is 65.0 Å². The molecule has 0 aliphatic heterocycles. The second-order valence-corrected chi connectivity index (χ2v) is 5.81. The molecule has 1 aliphatic carbocycles. The van der Waals surface area contributed by atoms with E-state index in [2.05, 4.69) is 37.7 Å². The maximum Gasteiger partial charge on any atom is 0.0628 e. The number of hydrogen-bond acceptors (Lipinski definition) is 3. The van der Waals surface area contributed by atoms with Crippen LogP contribution in [0.5, 0.6) is 0 Å². The second kappa shape index (κ2) is 5.63. The number of aromatic nitrogens is 2. The molecule has 108 valence electrons. The maximum absolute atomic E-state index is 9.70. The van der Waals surface area contributed by atoms with E-state index < -0.39 is 0 Å². The van der Waals surface area contributed by atoms with Crippen molar-refractivity contribution in [3.05, 3.63) is 17.0 Å². The van der Waals surface area contributed by atoms with Crippen LogP contribution in [-0.2, 0) is 6.42 Å². The summed E-state index contributed by atoms with van der Waals surface area (Å²) in [7, 11) is 0. The Bertz CT molecular complexity index is 441. The van der Waals surface area contributed by atoms with Gasteiger partial charge < -0.3 is 10.4 Å². The van der Waals surface area contributed by atoms with E-state index in [-0.39, 0.29) is 12.1 Å². The average Bonchev–Trinajstić information content (AvgIpc) is 2.93. The minimum atomic E-state index is -0.0991. The smallest absolute Gasteiger partial charge is 0.0628 e. The van der Waals surface area contributed by atoms with Gasteiger partial charge in [-0.05, 0) is 51.6 Å². The van der Waals surface area contributed by atoms with Crippen molar-refractivity contribution in [2.24, 2.45) is 0 Å². The lowest BCUT2D eigenvalue weighted by atomic mass is 9.98. The number of likely N-dealkylation sites (N-methyl/N-ethyl adjacent to an activating group) is 1. The van der Waals surface area contributed by atoms with Gasteiger partial charge in [0, 0.05) is 11.2 Å². The Morgan fingerprint density at radius 1 is 1.42 bits per heavy atom. The molecule has 0 aromatic carbocycles. The van der Waals surface area contributed by atoms with Crippen LogP contribution in [0, 0.1) is 13.8 Å². The first-order valence-corrected chi connectivity index (χ1v) is 7.47. The molecule has 4 nitrogen and oxygen atoms in total. The van der Waals surface area contributed by atoms with Crippen LogP contribution >= 0.6 is 0 Å². The van der Waals surface area contributed by atoms with Gasteiger partial charge in [-0.15, -0.1) is 0 Å². The van der Waals surface area contributed by atoms with E-state index in [0.717, 1.165) is 37.9 Å². The Hall–Kier alpha value is -0.870. The quantitative estimate of drug-likeness (QED) is 0.857. The van der Waals surface area contributed by atoms with Crippen molar-refractivity contribution < 1.29 is 5.11 Å². The van der Waals surface area contributed by atoms with Crippen molar-refractivity contribution in [1.29, 1.82) is 0 Å². The van der Waals surface area contributed by atoms with Crippen LogP contribution in [0.1, 0.15) is 56.1 Å². The van der Waals surface area contributed by atoms with Gasteiger partial charge in [0.15, 0.2) is 0 Å². The predicted molar refractivity (Wildman–Crippen MR) is 77.5 cm³/mol. The molecule has 1 aromatic rings. The predicted octanol–water partition coefficient (Wildman–Crippen LogP) is 2.13. The molecule has 0 radical (unpaired) electrons. The number of aliphatic hydroxyl groups excluding tert-OH is 1. The maximum atomic E-state index is 9.70. The summed E-state index contributed by atoms with van der Waals surface area (Å²) >= 11 is 0. The summed E-state index contributed by atoms with van der Waals surface area (Å²) in [5.74, 6) is 0. The lowest BCUT2D eigenvalue weighted by Crippen LogP contribution is -2.46. The first-order chi connectivity index (χ1) is 9.06. The van der Waals surface area contributed by atoms with Crippen molar-refractivity contribution in [2.75, 3.05) is 13.2 Å². The lowest BCUT2D eigenvalue weighted by molar-refractivity contribution is 0.162. The summed E-state index contributed by atoms with van der Waals surface area (Å²) < 4.78 is 2.20. The van der Waals surface area contributed by atoms with Crippen LogP contribution in [0.25, 0.3) is 0 Å². The van der Waals surface area contributed by atoms with E-state index in [1.54, 1.807) is 0 Å². The number of aryl methyl sites for hydroxylation is 1. The summed E-state index contributed by atoms with van der Waals surface area (Å²) in [6, 6.07) is 0.421. The second-order valence-electron chi connectivity index (χ2n) is 5.81. The molecule has 2 unspecified atom stereocenters. The first-order valence-electron chi connectivity index (χ1n) is 7.47. The first kappa shape index (κ1) is 14.5. The molecule has 2 rings (SSSR count). The molecule has 1 saturated carbocycles. The molecular formula is C15H27N3O. The molecular weight excluding hydrogens is 238 g/mol. The van der Waals surface area contributed by atoms with Crippen molar-refractivity contribution in [3.63, 3.8) is 0 Å². The number of nitrogens with zero attached hydrogens (tertiary/aromatic N) is 2. The molecule has 19 heavy (non-hydrogen) atoms. The van der Waals surface area contributed by atoms with Gasteiger partial charge in [0.1, 0.15) is 0 Å². The Morgan fingerprint density at radius 2 is 2.16 bits per heavy atom. The number of hydrogen-bond donors (Lipinski definition) is 2. The highest BCUT2D eigenvalue weighted by molar-refractivity contribution is 5.25. The molecule has 0 amide bonds. The van der Waals surface area contributed by atoms with E-state index in [1.165, 1.54) is 11.3 Å². The number of nitrogens with one attached hydrogen (secondary N) is 1. The Morgan fingerprint density at radius 3 is 2.68 bits per heavy atom. The number of aliphatic hydroxyl groups is 1. The lowest BCUT2D eigenvalue weighted by Gasteiger charge is -2.28. The highest BCUT2D eigenvalue weighted by Gasteiger charge is 2.39. The van der Waals surface area contributed by atoms with Gasteiger partial charge in [0.25, 0.3) is 0 Å². The van der Waals surface area contributed by atoms with E-state index in [1.807, 2.05) is 0 Å². The third-order valence-corrected chi connectivity index (χ3v) is 4.61. The van der Waals surface area contributed by atoms with Crippen molar-refractivity contribution in [3.8, 4) is 0 Å². The molecule has 1 fully saturated rings. The average molecular weight is 265 g/mol. The zero-order chi connectivity index (χ0) is 14.0. The summed E-state index contributed by atoms with van der Waals surface area (Å²) in [5.41, 5.74) is 3.74. The largest absolute Gasteiger partial charge is 0.394 e. The van der Waals surface area contributed by atoms with E-state index in [9.17, 15) is 5.11 Å². The third kappa shape index (κ3) is 2.56. The van der Waals surface area contributed by atoms with Gasteiger partial charge >= 0.3 is 0 Å². The van der Waals surface area contributed by atoms with E-state index in [4.69, 9.17) is 5.10 Å². The molecule has 2 N–H and O–H groups in total. The fourth-order valence-corrected chi connectivity index (χ4v) is 3.61. The van der Waals surface area contributed by atoms with E-state index in [0.29, 0.717) is 6.04 Å². The minimum Gasteiger partial charge on any atom is -0.394 e. The summed E-state index contributed by atoms with van der Waals surface area (Å²) in [6.07, 6.45) is 4.14. The fraction of sp³-hybridized carbons (Fsp3) is 0.800. The van der Waals surface area contributed by atoms with Crippen molar-refractivity contribution >= 4 is 0 Å². The van der Waals surface area contributed by atoms with Crippen LogP contribution in [-0.4, -0.2) is 33.6 Å². The molecule has 0 saturated heterocycles. The van der Waals surface area contributed by atoms with Crippen LogP contribution in [0.3, 0.4) is 0 Å². The van der Waals surface area contributed by atoms with Gasteiger partial charge in [-0.25, -0.2) is 0 Å². The topological polar surface area (TPSA) is 50.1 Å². The van der Waals surface area contributed by atoms with Crippen LogP contribution in [0.15, 0.2) is 0 Å². The molecule has 1 aliphatic rings. The van der Waals surface area contributed by atoms with Crippen LogP contribution in [0.2, 0.25) is 0 Å². The zero-order valence-corrected chi connectivity index (χ0v) is 12.7. The summed E-state index contributed by atoms with van der Waals surface area (Å²) in [4.78, 5) is 0. The van der Waals surface area contributed by atoms with Crippen LogP contribution < -0.4 is 5.32 Å². The van der Waals surface area contributed by atoms with Gasteiger partial charge in [0.2, 0.25) is 0 Å². The van der Waals surface area contributed by atoms with Gasteiger partial charge in [0.05, 0.1) is 18.3 Å². The molecule has 2 atom stereocenters. The van der Waals surface area contributed by atoms with Gasteiger partial charge in [-0.1, -0.05) is 13.8 Å². The molecule has 4 heteroatoms. The normalized spacial score (nSPS) is 27.1. The van der Waals surface area contributed by atoms with Crippen LogP contribution in [0.4, 0.5) is 0 Å². The Balaban J connectivity index is 2.21. The number of rotatable bonds is 5. The highest BCUT2D eigenvalue weighted by atomic mass is 16.3. The molecule has 0 spiro atoms. The summed E-state index contributed by atoms with van der Waals surface area (Å²) in [6.45, 7) is 9.68. The fourth-order valence-electron chi connectivity index (χ4n) is 3.61. The SMILES string of the molecule is CCNC1(CO)CCC(n2nc(C)c(CC)c2C)C1. The van der Waals surface area contributed by atoms with Gasteiger partial charge in [-0.2, -0.15) is 5.10 Å². The third-order valence-electron chi connectivity index (χ3n) is 4.61. The Labute approximate surface area is 116 Å². The Kier molecular flexibility index (Phi) is 4.31. The molecule has 1 heterocycles. The van der Waals surface area contributed by atoms with E-state index >= 15 is 0 Å². The zero-order valence-electron chi connectivity index (χ0n) is 12.7. The molecule has 0 bridgehead atoms. The standard InChI is InChI=1S/C15H27N3O/c1-5-14-11(3)17-18(12(14)4)13-7-8-15(9-13,10-19)16-6-2/h13,16,19H,5-10H2,1-4H3. The summed E-state index contributed by atoms with van der Waals surface area (Å²) in [5, 5.41) is 17.9. The molecule has 1 aromatic heterocycles. The highest BCUT2D eigenvalue weighted by Crippen LogP contribution is 2.38.